The number of H-pyrrole nitrogens is 1. The first kappa shape index (κ1) is 17.3. The SMILES string of the molecule is Cc1cc(Cl)cc2[nH]c([C@@H]3[C@@H](C)CCN3c3ccccc3-n3nccn3)nc12. The maximum Gasteiger partial charge on any atom is 0.130 e. The molecule has 1 saturated heterocycles. The zero-order valence-corrected chi connectivity index (χ0v) is 16.6. The quantitative estimate of drug-likeness (QED) is 0.549. The van der Waals surface area contributed by atoms with Gasteiger partial charge in [-0.1, -0.05) is 30.7 Å². The van der Waals surface area contributed by atoms with Gasteiger partial charge in [0.1, 0.15) is 11.5 Å². The fourth-order valence-electron chi connectivity index (χ4n) is 4.26. The molecule has 5 rings (SSSR count). The molecule has 0 unspecified atom stereocenters. The highest BCUT2D eigenvalue weighted by Crippen LogP contribution is 2.41. The second-order valence-electron chi connectivity index (χ2n) is 7.45. The van der Waals surface area contributed by atoms with Crippen LogP contribution >= 0.6 is 11.6 Å². The first-order valence-corrected chi connectivity index (χ1v) is 9.88. The molecular weight excluding hydrogens is 372 g/mol. The summed E-state index contributed by atoms with van der Waals surface area (Å²) in [6, 6.07) is 12.3. The number of fused-ring (bicyclic) bond motifs is 1. The van der Waals surface area contributed by atoms with Crippen LogP contribution in [0.2, 0.25) is 5.02 Å². The van der Waals surface area contributed by atoms with Crippen molar-refractivity contribution in [3.63, 3.8) is 0 Å². The van der Waals surface area contributed by atoms with Crippen molar-refractivity contribution in [1.29, 1.82) is 0 Å². The number of rotatable bonds is 3. The van der Waals surface area contributed by atoms with Crippen LogP contribution < -0.4 is 4.90 Å². The number of nitrogens with zero attached hydrogens (tertiary/aromatic N) is 5. The minimum absolute atomic E-state index is 0.155. The monoisotopic (exact) mass is 392 g/mol. The molecule has 0 amide bonds. The third-order valence-corrected chi connectivity index (χ3v) is 5.78. The second-order valence-corrected chi connectivity index (χ2v) is 7.89. The van der Waals surface area contributed by atoms with E-state index in [-0.39, 0.29) is 6.04 Å². The van der Waals surface area contributed by atoms with Gasteiger partial charge in [0.2, 0.25) is 0 Å². The molecule has 1 aliphatic rings. The predicted molar refractivity (Wildman–Crippen MR) is 111 cm³/mol. The van der Waals surface area contributed by atoms with E-state index in [1.807, 2.05) is 25.1 Å². The topological polar surface area (TPSA) is 62.6 Å². The molecular formula is C21H21ClN6. The lowest BCUT2D eigenvalue weighted by Crippen LogP contribution is -2.27. The Bertz CT molecular complexity index is 1130. The number of aromatic amines is 1. The average Bonchev–Trinajstić information content (AvgIpc) is 3.40. The van der Waals surface area contributed by atoms with Crippen molar-refractivity contribution in [3.05, 3.63) is 65.2 Å². The van der Waals surface area contributed by atoms with E-state index in [0.717, 1.165) is 51.8 Å². The van der Waals surface area contributed by atoms with Gasteiger partial charge in [0.05, 0.1) is 35.2 Å². The minimum atomic E-state index is 0.155. The summed E-state index contributed by atoms with van der Waals surface area (Å²) in [7, 11) is 0. The molecule has 2 aromatic carbocycles. The van der Waals surface area contributed by atoms with E-state index in [9.17, 15) is 0 Å². The van der Waals surface area contributed by atoms with Gasteiger partial charge in [-0.25, -0.2) is 4.98 Å². The van der Waals surface area contributed by atoms with Crippen molar-refractivity contribution in [2.45, 2.75) is 26.3 Å². The molecule has 7 heteroatoms. The Morgan fingerprint density at radius 3 is 2.64 bits per heavy atom. The molecule has 0 radical (unpaired) electrons. The standard InChI is InChI=1S/C21H21ClN6/c1-13-7-10-27(17-5-3-4-6-18(17)28-23-8-9-24-28)20(13)21-25-16-12-15(22)11-14(2)19(16)26-21/h3-6,8-9,11-13,20H,7,10H2,1-2H3,(H,25,26)/t13-,20-/m0/s1. The smallest absolute Gasteiger partial charge is 0.130 e. The summed E-state index contributed by atoms with van der Waals surface area (Å²) in [5, 5.41) is 9.39. The number of nitrogens with one attached hydrogen (secondary N) is 1. The van der Waals surface area contributed by atoms with Crippen LogP contribution in [0.5, 0.6) is 0 Å². The van der Waals surface area contributed by atoms with Gasteiger partial charge in [0.15, 0.2) is 0 Å². The van der Waals surface area contributed by atoms with Crippen molar-refractivity contribution < 1.29 is 0 Å². The van der Waals surface area contributed by atoms with Crippen LogP contribution in [0.4, 0.5) is 5.69 Å². The molecule has 0 spiro atoms. The first-order valence-electron chi connectivity index (χ1n) is 9.50. The molecule has 3 heterocycles. The number of anilines is 1. The zero-order valence-electron chi connectivity index (χ0n) is 15.8. The number of imidazole rings is 1. The molecule has 0 saturated carbocycles. The summed E-state index contributed by atoms with van der Waals surface area (Å²) >= 11 is 6.25. The highest BCUT2D eigenvalue weighted by atomic mass is 35.5. The molecule has 0 aliphatic carbocycles. The average molecular weight is 393 g/mol. The Balaban J connectivity index is 1.62. The number of aryl methyl sites for hydroxylation is 1. The van der Waals surface area contributed by atoms with E-state index >= 15 is 0 Å². The van der Waals surface area contributed by atoms with Gasteiger partial charge in [0.25, 0.3) is 0 Å². The van der Waals surface area contributed by atoms with Crippen LogP contribution in [-0.2, 0) is 0 Å². The summed E-state index contributed by atoms with van der Waals surface area (Å²) in [6.45, 7) is 5.29. The van der Waals surface area contributed by atoms with Gasteiger partial charge in [-0.15, -0.1) is 4.80 Å². The third-order valence-electron chi connectivity index (χ3n) is 5.57. The predicted octanol–water partition coefficient (Wildman–Crippen LogP) is 4.69. The van der Waals surface area contributed by atoms with Crippen LogP contribution in [0, 0.1) is 12.8 Å². The number of hydrogen-bond acceptors (Lipinski definition) is 4. The molecule has 4 aromatic rings. The lowest BCUT2D eigenvalue weighted by molar-refractivity contribution is 0.513. The Morgan fingerprint density at radius 2 is 1.86 bits per heavy atom. The van der Waals surface area contributed by atoms with Crippen molar-refractivity contribution in [3.8, 4) is 5.69 Å². The lowest BCUT2D eigenvalue weighted by Gasteiger charge is -2.29. The van der Waals surface area contributed by atoms with Crippen LogP contribution in [0.3, 0.4) is 0 Å². The summed E-state index contributed by atoms with van der Waals surface area (Å²) in [5.74, 6) is 1.45. The first-order chi connectivity index (χ1) is 13.6. The molecule has 1 aliphatic heterocycles. The number of halogens is 1. The summed E-state index contributed by atoms with van der Waals surface area (Å²) in [4.78, 5) is 12.6. The number of para-hydroxylation sites is 2. The van der Waals surface area contributed by atoms with E-state index in [1.165, 1.54) is 0 Å². The minimum Gasteiger partial charge on any atom is -0.359 e. The second kappa shape index (κ2) is 6.63. The summed E-state index contributed by atoms with van der Waals surface area (Å²) in [6.07, 6.45) is 4.50. The van der Waals surface area contributed by atoms with E-state index in [0.29, 0.717) is 5.92 Å². The van der Waals surface area contributed by atoms with Gasteiger partial charge in [-0.05, 0) is 49.1 Å². The fraction of sp³-hybridized carbons (Fsp3) is 0.286. The Morgan fingerprint density at radius 1 is 1.11 bits per heavy atom. The van der Waals surface area contributed by atoms with E-state index < -0.39 is 0 Å². The van der Waals surface area contributed by atoms with Crippen molar-refractivity contribution >= 4 is 28.3 Å². The highest BCUT2D eigenvalue weighted by molar-refractivity contribution is 6.31. The van der Waals surface area contributed by atoms with Gasteiger partial charge < -0.3 is 9.88 Å². The number of aromatic nitrogens is 5. The zero-order chi connectivity index (χ0) is 19.3. The van der Waals surface area contributed by atoms with Crippen molar-refractivity contribution in [2.75, 3.05) is 11.4 Å². The van der Waals surface area contributed by atoms with Crippen molar-refractivity contribution in [1.82, 2.24) is 25.0 Å². The maximum atomic E-state index is 6.25. The molecule has 1 fully saturated rings. The molecule has 2 aromatic heterocycles. The molecule has 2 atom stereocenters. The number of benzene rings is 2. The molecule has 142 valence electrons. The molecule has 1 N–H and O–H groups in total. The lowest BCUT2D eigenvalue weighted by atomic mass is 10.0. The van der Waals surface area contributed by atoms with Crippen LogP contribution in [-0.4, -0.2) is 31.5 Å². The highest BCUT2D eigenvalue weighted by Gasteiger charge is 2.36. The van der Waals surface area contributed by atoms with Gasteiger partial charge >= 0.3 is 0 Å². The van der Waals surface area contributed by atoms with Gasteiger partial charge in [0, 0.05) is 11.6 Å². The van der Waals surface area contributed by atoms with Crippen LogP contribution in [0.1, 0.15) is 30.8 Å². The van der Waals surface area contributed by atoms with E-state index in [1.54, 1.807) is 17.2 Å². The maximum absolute atomic E-state index is 6.25. The molecule has 6 nitrogen and oxygen atoms in total. The van der Waals surface area contributed by atoms with Crippen LogP contribution in [0.25, 0.3) is 16.7 Å². The normalized spacial score (nSPS) is 19.6. The van der Waals surface area contributed by atoms with Crippen molar-refractivity contribution in [2.24, 2.45) is 5.92 Å². The van der Waals surface area contributed by atoms with E-state index in [2.05, 4.69) is 45.2 Å². The largest absolute Gasteiger partial charge is 0.359 e. The van der Waals surface area contributed by atoms with Gasteiger partial charge in [-0.2, -0.15) is 10.2 Å². The van der Waals surface area contributed by atoms with E-state index in [4.69, 9.17) is 16.6 Å². The Labute approximate surface area is 168 Å². The fourth-order valence-corrected chi connectivity index (χ4v) is 4.53. The summed E-state index contributed by atoms with van der Waals surface area (Å²) in [5.41, 5.74) is 5.15. The third kappa shape index (κ3) is 2.76. The van der Waals surface area contributed by atoms with Crippen LogP contribution in [0.15, 0.2) is 48.8 Å². The van der Waals surface area contributed by atoms with Gasteiger partial charge in [-0.3, -0.25) is 0 Å². The molecule has 28 heavy (non-hydrogen) atoms. The number of hydrogen-bond donors (Lipinski definition) is 1. The Kier molecular flexibility index (Phi) is 4.09. The summed E-state index contributed by atoms with van der Waals surface area (Å²) < 4.78 is 0. The molecule has 0 bridgehead atoms. The Hall–Kier alpha value is -2.86.